The van der Waals surface area contributed by atoms with Gasteiger partial charge in [-0.05, 0) is 32.8 Å². The average molecular weight is 264 g/mol. The van der Waals surface area contributed by atoms with Gasteiger partial charge < -0.3 is 15.4 Å². The number of aryl methyl sites for hydroxylation is 1. The number of hydrogen-bond acceptors (Lipinski definition) is 5. The van der Waals surface area contributed by atoms with Gasteiger partial charge in [-0.3, -0.25) is 15.6 Å². The van der Waals surface area contributed by atoms with Crippen molar-refractivity contribution in [1.29, 1.82) is 0 Å². The lowest BCUT2D eigenvalue weighted by Crippen LogP contribution is -2.45. The van der Waals surface area contributed by atoms with Crippen LogP contribution in [0.1, 0.15) is 35.8 Å². The van der Waals surface area contributed by atoms with E-state index in [9.17, 15) is 9.90 Å². The number of nitrogens with two attached hydrogens (primary N) is 1. The van der Waals surface area contributed by atoms with Crippen molar-refractivity contribution in [3.8, 4) is 0 Å². The molecule has 1 aliphatic rings. The largest absolute Gasteiger partial charge is 0.390 e. The maximum Gasteiger partial charge on any atom is 0.257 e. The quantitative estimate of drug-likeness (QED) is 0.539. The zero-order chi connectivity index (χ0) is 14.0. The fourth-order valence-corrected chi connectivity index (χ4v) is 2.21. The number of nitrogens with zero attached hydrogens (tertiary/aromatic N) is 2. The van der Waals surface area contributed by atoms with Gasteiger partial charge in [0, 0.05) is 25.0 Å². The summed E-state index contributed by atoms with van der Waals surface area (Å²) >= 11 is 0. The van der Waals surface area contributed by atoms with E-state index in [1.54, 1.807) is 24.1 Å². The van der Waals surface area contributed by atoms with Crippen molar-refractivity contribution in [2.24, 2.45) is 5.84 Å². The number of aromatic nitrogens is 1. The number of anilines is 1. The van der Waals surface area contributed by atoms with Gasteiger partial charge in [-0.25, -0.2) is 0 Å². The minimum atomic E-state index is -0.669. The second kappa shape index (κ2) is 5.14. The summed E-state index contributed by atoms with van der Waals surface area (Å²) in [6, 6.07) is 1.74. The van der Waals surface area contributed by atoms with Gasteiger partial charge >= 0.3 is 0 Å². The molecule has 1 aliphatic heterocycles. The predicted molar refractivity (Wildman–Crippen MR) is 72.5 cm³/mol. The number of carbonyl (C=O) groups excluding carboxylic acids is 1. The SMILES string of the molecule is Cc1cc(NN)c(C(=O)N2CCC(C)(O)CC2)cn1. The summed E-state index contributed by atoms with van der Waals surface area (Å²) in [6.07, 6.45) is 2.71. The molecule has 0 spiro atoms. The van der Waals surface area contributed by atoms with Gasteiger partial charge in [-0.15, -0.1) is 0 Å². The minimum absolute atomic E-state index is 0.101. The first-order chi connectivity index (χ1) is 8.93. The third-order valence-corrected chi connectivity index (χ3v) is 3.55. The van der Waals surface area contributed by atoms with Crippen molar-refractivity contribution in [3.63, 3.8) is 0 Å². The lowest BCUT2D eigenvalue weighted by molar-refractivity contribution is -0.00200. The summed E-state index contributed by atoms with van der Waals surface area (Å²) in [5, 5.41) is 9.90. The van der Waals surface area contributed by atoms with Crippen LogP contribution in [0.15, 0.2) is 12.3 Å². The van der Waals surface area contributed by atoms with Crippen LogP contribution in [0.2, 0.25) is 0 Å². The first-order valence-corrected chi connectivity index (χ1v) is 6.38. The van der Waals surface area contributed by atoms with Gasteiger partial charge in [0.05, 0.1) is 16.9 Å². The molecule has 2 rings (SSSR count). The highest BCUT2D eigenvalue weighted by Gasteiger charge is 2.30. The lowest BCUT2D eigenvalue weighted by Gasteiger charge is -2.36. The highest BCUT2D eigenvalue weighted by atomic mass is 16.3. The lowest BCUT2D eigenvalue weighted by atomic mass is 9.93. The van der Waals surface area contributed by atoms with E-state index in [2.05, 4.69) is 10.4 Å². The van der Waals surface area contributed by atoms with E-state index in [4.69, 9.17) is 5.84 Å². The van der Waals surface area contributed by atoms with Crippen LogP contribution in [-0.2, 0) is 0 Å². The third-order valence-electron chi connectivity index (χ3n) is 3.55. The molecule has 0 bridgehead atoms. The van der Waals surface area contributed by atoms with Crippen LogP contribution in [0.25, 0.3) is 0 Å². The molecule has 0 saturated carbocycles. The second-order valence-electron chi connectivity index (χ2n) is 5.30. The van der Waals surface area contributed by atoms with E-state index in [1.807, 2.05) is 6.92 Å². The van der Waals surface area contributed by atoms with Crippen molar-refractivity contribution in [2.45, 2.75) is 32.3 Å². The summed E-state index contributed by atoms with van der Waals surface area (Å²) < 4.78 is 0. The van der Waals surface area contributed by atoms with Crippen molar-refractivity contribution < 1.29 is 9.90 Å². The second-order valence-corrected chi connectivity index (χ2v) is 5.30. The minimum Gasteiger partial charge on any atom is -0.390 e. The van der Waals surface area contributed by atoms with Crippen LogP contribution >= 0.6 is 0 Å². The molecule has 1 fully saturated rings. The molecular formula is C13H20N4O2. The highest BCUT2D eigenvalue weighted by Crippen LogP contribution is 2.24. The van der Waals surface area contributed by atoms with Gasteiger partial charge in [-0.1, -0.05) is 0 Å². The Bertz CT molecular complexity index is 478. The number of nitrogen functional groups attached to an aromatic ring is 1. The van der Waals surface area contributed by atoms with Crippen LogP contribution in [-0.4, -0.2) is 39.6 Å². The van der Waals surface area contributed by atoms with Gasteiger partial charge in [0.25, 0.3) is 5.91 Å². The molecule has 0 radical (unpaired) electrons. The first-order valence-electron chi connectivity index (χ1n) is 6.38. The molecule has 1 saturated heterocycles. The molecule has 19 heavy (non-hydrogen) atoms. The molecule has 104 valence electrons. The molecule has 1 aromatic rings. The van der Waals surface area contributed by atoms with Crippen LogP contribution in [0, 0.1) is 6.92 Å². The zero-order valence-corrected chi connectivity index (χ0v) is 11.3. The van der Waals surface area contributed by atoms with Gasteiger partial charge in [0.1, 0.15) is 0 Å². The molecule has 6 heteroatoms. The number of carbonyl (C=O) groups is 1. The van der Waals surface area contributed by atoms with E-state index in [0.717, 1.165) is 5.69 Å². The Morgan fingerprint density at radius 1 is 1.53 bits per heavy atom. The Morgan fingerprint density at radius 2 is 2.16 bits per heavy atom. The topological polar surface area (TPSA) is 91.5 Å². The summed E-state index contributed by atoms with van der Waals surface area (Å²) in [5.74, 6) is 5.34. The van der Waals surface area contributed by atoms with Crippen molar-refractivity contribution >= 4 is 11.6 Å². The third kappa shape index (κ3) is 3.02. The Labute approximate surface area is 112 Å². The van der Waals surface area contributed by atoms with E-state index >= 15 is 0 Å². The van der Waals surface area contributed by atoms with Gasteiger partial charge in [0.15, 0.2) is 0 Å². The van der Waals surface area contributed by atoms with Crippen LogP contribution in [0.5, 0.6) is 0 Å². The highest BCUT2D eigenvalue weighted by molar-refractivity contribution is 5.99. The standard InChI is InChI=1S/C13H20N4O2/c1-9-7-11(16-14)10(8-15-9)12(18)17-5-3-13(2,19)4-6-17/h7-8,19H,3-6,14H2,1-2H3,(H,15,16). The predicted octanol–water partition coefficient (Wildman–Crippen LogP) is 0.663. The molecule has 4 N–H and O–H groups in total. The number of piperidine rings is 1. The number of amides is 1. The molecule has 0 aromatic carbocycles. The zero-order valence-electron chi connectivity index (χ0n) is 11.3. The number of likely N-dealkylation sites (tertiary alicyclic amines) is 1. The fraction of sp³-hybridized carbons (Fsp3) is 0.538. The Balaban J connectivity index is 2.16. The molecule has 0 aliphatic carbocycles. The van der Waals surface area contributed by atoms with Crippen LogP contribution < -0.4 is 11.3 Å². The molecule has 1 aromatic heterocycles. The molecule has 6 nitrogen and oxygen atoms in total. The fourth-order valence-electron chi connectivity index (χ4n) is 2.21. The smallest absolute Gasteiger partial charge is 0.257 e. The number of hydrazine groups is 1. The van der Waals surface area contributed by atoms with E-state index in [1.165, 1.54) is 0 Å². The summed E-state index contributed by atoms with van der Waals surface area (Å²) in [5.41, 5.74) is 3.71. The van der Waals surface area contributed by atoms with E-state index in [-0.39, 0.29) is 5.91 Å². The van der Waals surface area contributed by atoms with Crippen LogP contribution in [0.4, 0.5) is 5.69 Å². The van der Waals surface area contributed by atoms with Crippen molar-refractivity contribution in [1.82, 2.24) is 9.88 Å². The number of rotatable bonds is 2. The van der Waals surface area contributed by atoms with E-state index in [0.29, 0.717) is 37.2 Å². The van der Waals surface area contributed by atoms with Gasteiger partial charge in [-0.2, -0.15) is 0 Å². The monoisotopic (exact) mass is 264 g/mol. The first kappa shape index (κ1) is 13.8. The Kier molecular flexibility index (Phi) is 3.73. The van der Waals surface area contributed by atoms with E-state index < -0.39 is 5.60 Å². The normalized spacial score (nSPS) is 18.2. The summed E-state index contributed by atoms with van der Waals surface area (Å²) in [6.45, 7) is 4.73. The number of pyridine rings is 1. The molecule has 1 amide bonds. The summed E-state index contributed by atoms with van der Waals surface area (Å²) in [4.78, 5) is 18.3. The average Bonchev–Trinajstić information content (AvgIpc) is 2.37. The van der Waals surface area contributed by atoms with Gasteiger partial charge in [0.2, 0.25) is 0 Å². The molecule has 2 heterocycles. The summed E-state index contributed by atoms with van der Waals surface area (Å²) in [7, 11) is 0. The molecule has 0 unspecified atom stereocenters. The van der Waals surface area contributed by atoms with Crippen LogP contribution in [0.3, 0.4) is 0 Å². The Morgan fingerprint density at radius 3 is 2.74 bits per heavy atom. The Hall–Kier alpha value is -1.66. The number of aliphatic hydroxyl groups is 1. The maximum absolute atomic E-state index is 12.4. The molecular weight excluding hydrogens is 244 g/mol. The number of hydrogen-bond donors (Lipinski definition) is 3. The van der Waals surface area contributed by atoms with Crippen molar-refractivity contribution in [2.75, 3.05) is 18.5 Å². The van der Waals surface area contributed by atoms with Crippen molar-refractivity contribution in [3.05, 3.63) is 23.5 Å². The number of nitrogens with one attached hydrogen (secondary N) is 1. The maximum atomic E-state index is 12.4. The molecule has 0 atom stereocenters.